The SMILES string of the molecule is Cc1ccc(C)c(N2C(=O)c3ccc(C(=O)Nc4ncn[nH]4)cc3C2=O)c1. The maximum absolute atomic E-state index is 12.9. The first kappa shape index (κ1) is 16.6. The predicted octanol–water partition coefficient (Wildman–Crippen LogP) is 2.47. The van der Waals surface area contributed by atoms with Gasteiger partial charge in [-0.05, 0) is 49.2 Å². The fourth-order valence-electron chi connectivity index (χ4n) is 3.01. The van der Waals surface area contributed by atoms with E-state index in [-0.39, 0.29) is 22.6 Å². The van der Waals surface area contributed by atoms with Crippen molar-refractivity contribution >= 4 is 29.4 Å². The maximum atomic E-state index is 12.9. The number of nitrogens with one attached hydrogen (secondary N) is 2. The lowest BCUT2D eigenvalue weighted by atomic mass is 10.1. The molecule has 8 heteroatoms. The number of H-pyrrole nitrogens is 1. The van der Waals surface area contributed by atoms with Crippen LogP contribution in [0.25, 0.3) is 0 Å². The minimum Gasteiger partial charge on any atom is -0.291 e. The van der Waals surface area contributed by atoms with E-state index in [4.69, 9.17) is 0 Å². The van der Waals surface area contributed by atoms with Crippen molar-refractivity contribution in [2.45, 2.75) is 13.8 Å². The van der Waals surface area contributed by atoms with Gasteiger partial charge in [0, 0.05) is 5.56 Å². The van der Waals surface area contributed by atoms with Gasteiger partial charge in [0.25, 0.3) is 17.7 Å². The summed E-state index contributed by atoms with van der Waals surface area (Å²) in [6.07, 6.45) is 1.27. The summed E-state index contributed by atoms with van der Waals surface area (Å²) in [7, 11) is 0. The molecule has 3 aromatic rings. The summed E-state index contributed by atoms with van der Waals surface area (Å²) in [5.41, 5.74) is 3.03. The third-order valence-electron chi connectivity index (χ3n) is 4.40. The number of benzene rings is 2. The second-order valence-corrected chi connectivity index (χ2v) is 6.28. The number of aryl methyl sites for hydroxylation is 2. The van der Waals surface area contributed by atoms with Gasteiger partial charge in [-0.25, -0.2) is 10.00 Å². The molecular formula is C19H15N5O3. The van der Waals surface area contributed by atoms with Crippen LogP contribution in [0, 0.1) is 13.8 Å². The molecule has 0 aliphatic carbocycles. The number of hydrogen-bond donors (Lipinski definition) is 2. The van der Waals surface area contributed by atoms with Gasteiger partial charge in [0.15, 0.2) is 0 Å². The standard InChI is InChI=1S/C19H15N5O3/c1-10-3-4-11(2)15(7-10)24-17(26)13-6-5-12(8-14(13)18(24)27)16(25)22-19-20-9-21-23-19/h3-9H,1-2H3,(H2,20,21,22,23,25). The largest absolute Gasteiger partial charge is 0.291 e. The Morgan fingerprint density at radius 1 is 1.04 bits per heavy atom. The van der Waals surface area contributed by atoms with Gasteiger partial charge < -0.3 is 0 Å². The van der Waals surface area contributed by atoms with Crippen LogP contribution >= 0.6 is 0 Å². The van der Waals surface area contributed by atoms with E-state index < -0.39 is 17.7 Å². The van der Waals surface area contributed by atoms with Crippen molar-refractivity contribution in [2.75, 3.05) is 10.2 Å². The second kappa shape index (κ2) is 6.17. The van der Waals surface area contributed by atoms with Gasteiger partial charge in [-0.15, -0.1) is 0 Å². The van der Waals surface area contributed by atoms with Crippen LogP contribution in [0.5, 0.6) is 0 Å². The number of imide groups is 1. The average Bonchev–Trinajstić information content (AvgIpc) is 3.24. The van der Waals surface area contributed by atoms with E-state index in [1.165, 1.54) is 24.5 Å². The molecule has 8 nitrogen and oxygen atoms in total. The number of aromatic nitrogens is 3. The van der Waals surface area contributed by atoms with Crippen molar-refractivity contribution in [1.29, 1.82) is 0 Å². The van der Waals surface area contributed by atoms with E-state index in [9.17, 15) is 14.4 Å². The molecule has 0 bridgehead atoms. The highest BCUT2D eigenvalue weighted by Gasteiger charge is 2.37. The van der Waals surface area contributed by atoms with E-state index in [0.29, 0.717) is 5.69 Å². The number of amides is 3. The van der Waals surface area contributed by atoms with Crippen molar-refractivity contribution in [3.8, 4) is 0 Å². The minimum absolute atomic E-state index is 0.194. The van der Waals surface area contributed by atoms with Crippen LogP contribution in [0.4, 0.5) is 11.6 Å². The lowest BCUT2D eigenvalue weighted by molar-refractivity contribution is 0.0925. The summed E-state index contributed by atoms with van der Waals surface area (Å²) in [6, 6.07) is 10.0. The first-order valence-corrected chi connectivity index (χ1v) is 8.22. The molecule has 134 valence electrons. The highest BCUT2D eigenvalue weighted by atomic mass is 16.2. The molecule has 2 heterocycles. The van der Waals surface area contributed by atoms with Crippen molar-refractivity contribution in [3.63, 3.8) is 0 Å². The average molecular weight is 361 g/mol. The van der Waals surface area contributed by atoms with Crippen molar-refractivity contribution in [1.82, 2.24) is 15.2 Å². The maximum Gasteiger partial charge on any atom is 0.266 e. The quantitative estimate of drug-likeness (QED) is 0.697. The molecular weight excluding hydrogens is 346 g/mol. The summed E-state index contributed by atoms with van der Waals surface area (Å²) in [6.45, 7) is 3.74. The topological polar surface area (TPSA) is 108 Å². The van der Waals surface area contributed by atoms with Gasteiger partial charge >= 0.3 is 0 Å². The lowest BCUT2D eigenvalue weighted by Gasteiger charge is -2.17. The first-order valence-electron chi connectivity index (χ1n) is 8.22. The van der Waals surface area contributed by atoms with Gasteiger partial charge in [-0.1, -0.05) is 12.1 Å². The summed E-state index contributed by atoms with van der Waals surface area (Å²) in [5.74, 6) is -1.11. The van der Waals surface area contributed by atoms with Crippen LogP contribution in [-0.2, 0) is 0 Å². The normalized spacial score (nSPS) is 13.0. The summed E-state index contributed by atoms with van der Waals surface area (Å²) >= 11 is 0. The Labute approximate surface area is 154 Å². The molecule has 2 aromatic carbocycles. The number of fused-ring (bicyclic) bond motifs is 1. The number of rotatable bonds is 3. The highest BCUT2D eigenvalue weighted by Crippen LogP contribution is 2.31. The Kier molecular flexibility index (Phi) is 3.80. The molecule has 1 aliphatic rings. The summed E-state index contributed by atoms with van der Waals surface area (Å²) < 4.78 is 0. The van der Waals surface area contributed by atoms with Gasteiger partial charge in [-0.2, -0.15) is 10.1 Å². The number of aromatic amines is 1. The Balaban J connectivity index is 1.69. The van der Waals surface area contributed by atoms with Crippen LogP contribution in [0.15, 0.2) is 42.7 Å². The Morgan fingerprint density at radius 2 is 1.81 bits per heavy atom. The van der Waals surface area contributed by atoms with E-state index >= 15 is 0 Å². The molecule has 27 heavy (non-hydrogen) atoms. The van der Waals surface area contributed by atoms with Crippen molar-refractivity contribution in [3.05, 3.63) is 70.5 Å². The molecule has 1 aliphatic heterocycles. The molecule has 0 fully saturated rings. The fourth-order valence-corrected chi connectivity index (χ4v) is 3.01. The molecule has 0 spiro atoms. The van der Waals surface area contributed by atoms with Crippen LogP contribution in [0.2, 0.25) is 0 Å². The number of carbonyl (C=O) groups excluding carboxylic acids is 3. The van der Waals surface area contributed by atoms with Crippen LogP contribution < -0.4 is 10.2 Å². The molecule has 0 saturated carbocycles. The number of nitrogens with zero attached hydrogens (tertiary/aromatic N) is 3. The van der Waals surface area contributed by atoms with E-state index in [1.807, 2.05) is 26.0 Å². The molecule has 0 atom stereocenters. The van der Waals surface area contributed by atoms with Gasteiger partial charge in [-0.3, -0.25) is 19.7 Å². The third-order valence-corrected chi connectivity index (χ3v) is 4.40. The summed E-state index contributed by atoms with van der Waals surface area (Å²) in [5, 5.41) is 8.71. The highest BCUT2D eigenvalue weighted by molar-refractivity contribution is 6.35. The number of anilines is 2. The Bertz CT molecular complexity index is 1090. The zero-order chi connectivity index (χ0) is 19.1. The monoisotopic (exact) mass is 361 g/mol. The van der Waals surface area contributed by atoms with Crippen LogP contribution in [0.1, 0.15) is 42.2 Å². The minimum atomic E-state index is -0.458. The van der Waals surface area contributed by atoms with Crippen molar-refractivity contribution < 1.29 is 14.4 Å². The molecule has 4 rings (SSSR count). The van der Waals surface area contributed by atoms with E-state index in [2.05, 4.69) is 20.5 Å². The molecule has 2 N–H and O–H groups in total. The smallest absolute Gasteiger partial charge is 0.266 e. The second-order valence-electron chi connectivity index (χ2n) is 6.28. The molecule has 3 amide bonds. The van der Waals surface area contributed by atoms with Crippen molar-refractivity contribution in [2.24, 2.45) is 0 Å². The lowest BCUT2D eigenvalue weighted by Crippen LogP contribution is -2.30. The van der Waals surface area contributed by atoms with E-state index in [1.54, 1.807) is 6.07 Å². The fraction of sp³-hybridized carbons (Fsp3) is 0.105. The summed E-state index contributed by atoms with van der Waals surface area (Å²) in [4.78, 5) is 43.0. The number of carbonyl (C=O) groups is 3. The molecule has 1 aromatic heterocycles. The molecule has 0 radical (unpaired) electrons. The van der Waals surface area contributed by atoms with Gasteiger partial charge in [0.05, 0.1) is 16.8 Å². The zero-order valence-corrected chi connectivity index (χ0v) is 14.6. The van der Waals surface area contributed by atoms with Gasteiger partial charge in [0.2, 0.25) is 5.95 Å². The molecule has 0 unspecified atom stereocenters. The molecule has 0 saturated heterocycles. The van der Waals surface area contributed by atoms with E-state index in [0.717, 1.165) is 16.0 Å². The number of hydrogen-bond acceptors (Lipinski definition) is 5. The Hall–Kier alpha value is -3.81. The Morgan fingerprint density at radius 3 is 2.56 bits per heavy atom. The van der Waals surface area contributed by atoms with Crippen LogP contribution in [-0.4, -0.2) is 32.9 Å². The van der Waals surface area contributed by atoms with Gasteiger partial charge in [0.1, 0.15) is 6.33 Å². The zero-order valence-electron chi connectivity index (χ0n) is 14.6. The van der Waals surface area contributed by atoms with Crippen LogP contribution in [0.3, 0.4) is 0 Å². The third kappa shape index (κ3) is 2.77. The predicted molar refractivity (Wildman–Crippen MR) is 97.8 cm³/mol. The first-order chi connectivity index (χ1) is 13.0.